The summed E-state index contributed by atoms with van der Waals surface area (Å²) in [6.45, 7) is 5.57. The largest absolute Gasteiger partial charge is 0.496 e. The van der Waals surface area contributed by atoms with Crippen LogP contribution < -0.4 is 4.74 Å². The third-order valence-corrected chi connectivity index (χ3v) is 5.64. The highest BCUT2D eigenvalue weighted by Crippen LogP contribution is 2.46. The van der Waals surface area contributed by atoms with Crippen LogP contribution in [0.5, 0.6) is 5.75 Å². The van der Waals surface area contributed by atoms with Crippen LogP contribution in [0, 0.1) is 13.8 Å². The summed E-state index contributed by atoms with van der Waals surface area (Å²) in [6.07, 6.45) is 2.42. The van der Waals surface area contributed by atoms with Gasteiger partial charge in [0, 0.05) is 18.7 Å². The molecule has 1 spiro atoms. The molecule has 1 aromatic carbocycles. The molecule has 2 aliphatic rings. The topological polar surface area (TPSA) is 64.8 Å². The Morgan fingerprint density at radius 1 is 1.27 bits per heavy atom. The Kier molecular flexibility index (Phi) is 4.23. The first kappa shape index (κ1) is 17.1. The lowest BCUT2D eigenvalue weighted by atomic mass is 9.78. The van der Waals surface area contributed by atoms with Gasteiger partial charge >= 0.3 is 0 Å². The Morgan fingerprint density at radius 3 is 2.69 bits per heavy atom. The number of aryl methyl sites for hydroxylation is 2. The van der Waals surface area contributed by atoms with E-state index in [1.807, 2.05) is 17.0 Å². The van der Waals surface area contributed by atoms with Crippen LogP contribution in [-0.2, 0) is 16.8 Å². The van der Waals surface area contributed by atoms with Gasteiger partial charge in [0.1, 0.15) is 22.7 Å². The van der Waals surface area contributed by atoms with E-state index in [4.69, 9.17) is 14.0 Å². The second kappa shape index (κ2) is 6.43. The summed E-state index contributed by atoms with van der Waals surface area (Å²) < 4.78 is 17.1. The fourth-order valence-electron chi connectivity index (χ4n) is 4.31. The van der Waals surface area contributed by atoms with Gasteiger partial charge in [0.15, 0.2) is 0 Å². The first-order valence-electron chi connectivity index (χ1n) is 9.08. The van der Waals surface area contributed by atoms with Crippen molar-refractivity contribution in [3.63, 3.8) is 0 Å². The summed E-state index contributed by atoms with van der Waals surface area (Å²) in [5.41, 5.74) is 3.33. The molecule has 6 nitrogen and oxygen atoms in total. The van der Waals surface area contributed by atoms with Crippen molar-refractivity contribution in [2.24, 2.45) is 0 Å². The summed E-state index contributed by atoms with van der Waals surface area (Å²) in [5, 5.41) is 3.90. The van der Waals surface area contributed by atoms with Gasteiger partial charge in [0.05, 0.1) is 19.4 Å². The number of methoxy groups -OCH3 is 1. The Hall–Kier alpha value is -2.34. The van der Waals surface area contributed by atoms with Crippen LogP contribution in [0.15, 0.2) is 22.7 Å². The van der Waals surface area contributed by atoms with Crippen molar-refractivity contribution >= 4 is 5.91 Å². The number of hydrogen-bond acceptors (Lipinski definition) is 5. The molecule has 6 heteroatoms. The first-order chi connectivity index (χ1) is 12.6. The summed E-state index contributed by atoms with van der Waals surface area (Å²) in [7, 11) is 1.70. The summed E-state index contributed by atoms with van der Waals surface area (Å²) in [6, 6.07) is 6.19. The zero-order chi connectivity index (χ0) is 18.3. The second-order valence-corrected chi connectivity index (χ2v) is 7.08. The average molecular weight is 356 g/mol. The molecule has 2 aliphatic heterocycles. The van der Waals surface area contributed by atoms with E-state index in [-0.39, 0.29) is 11.5 Å². The molecule has 4 rings (SSSR count). The number of carbonyl (C=O) groups excluding carboxylic acids is 1. The molecule has 26 heavy (non-hydrogen) atoms. The third kappa shape index (κ3) is 2.60. The first-order valence-corrected chi connectivity index (χ1v) is 9.08. The molecule has 0 N–H and O–H groups in total. The number of ether oxygens (including phenoxy) is 2. The van der Waals surface area contributed by atoms with Gasteiger partial charge in [-0.25, -0.2) is 0 Å². The number of rotatable bonds is 2. The van der Waals surface area contributed by atoms with Crippen molar-refractivity contribution in [3.8, 4) is 5.75 Å². The van der Waals surface area contributed by atoms with E-state index in [0.717, 1.165) is 30.6 Å². The number of benzene rings is 1. The van der Waals surface area contributed by atoms with Gasteiger partial charge in [-0.3, -0.25) is 4.79 Å². The van der Waals surface area contributed by atoms with Crippen LogP contribution in [0.2, 0.25) is 0 Å². The zero-order valence-corrected chi connectivity index (χ0v) is 15.5. The maximum absolute atomic E-state index is 12.9. The molecule has 0 bridgehead atoms. The average Bonchev–Trinajstić information content (AvgIpc) is 3.00. The Labute approximate surface area is 153 Å². The Balaban J connectivity index is 1.59. The van der Waals surface area contributed by atoms with Crippen molar-refractivity contribution in [1.29, 1.82) is 0 Å². The molecule has 1 fully saturated rings. The van der Waals surface area contributed by atoms with Crippen molar-refractivity contribution in [3.05, 3.63) is 46.3 Å². The monoisotopic (exact) mass is 356 g/mol. The SMILES string of the molecule is COc1cccc2c1C1(CCN(C(=O)c3c(C)noc3C)CC1)OCC2. The molecule has 0 unspecified atom stereocenters. The number of likely N-dealkylation sites (tertiary alicyclic amines) is 1. The molecule has 1 saturated heterocycles. The fourth-order valence-corrected chi connectivity index (χ4v) is 4.31. The quantitative estimate of drug-likeness (QED) is 0.828. The van der Waals surface area contributed by atoms with Crippen LogP contribution in [-0.4, -0.2) is 42.8 Å². The Morgan fingerprint density at radius 2 is 2.04 bits per heavy atom. The highest BCUT2D eigenvalue weighted by atomic mass is 16.5. The number of carbonyl (C=O) groups is 1. The predicted molar refractivity (Wildman–Crippen MR) is 95.4 cm³/mol. The number of amides is 1. The number of nitrogens with zero attached hydrogens (tertiary/aromatic N) is 2. The molecule has 0 atom stereocenters. The van der Waals surface area contributed by atoms with Gasteiger partial charge in [-0.05, 0) is 44.7 Å². The molecule has 0 radical (unpaired) electrons. The third-order valence-electron chi connectivity index (χ3n) is 5.64. The molecule has 138 valence electrons. The lowest BCUT2D eigenvalue weighted by Gasteiger charge is -2.45. The molecule has 3 heterocycles. The van der Waals surface area contributed by atoms with E-state index >= 15 is 0 Å². The van der Waals surface area contributed by atoms with Crippen LogP contribution in [0.3, 0.4) is 0 Å². The van der Waals surface area contributed by atoms with E-state index in [0.29, 0.717) is 36.7 Å². The zero-order valence-electron chi connectivity index (χ0n) is 15.5. The lowest BCUT2D eigenvalue weighted by Crippen LogP contribution is -2.48. The summed E-state index contributed by atoms with van der Waals surface area (Å²) in [4.78, 5) is 14.8. The van der Waals surface area contributed by atoms with E-state index in [2.05, 4.69) is 11.2 Å². The van der Waals surface area contributed by atoms with Gasteiger partial charge < -0.3 is 18.9 Å². The number of aromatic nitrogens is 1. The van der Waals surface area contributed by atoms with Gasteiger partial charge in [-0.2, -0.15) is 0 Å². The summed E-state index contributed by atoms with van der Waals surface area (Å²) in [5.74, 6) is 1.45. The number of hydrogen-bond donors (Lipinski definition) is 0. The molecule has 2 aromatic rings. The van der Waals surface area contributed by atoms with E-state index in [9.17, 15) is 4.79 Å². The maximum Gasteiger partial charge on any atom is 0.259 e. The molecule has 0 saturated carbocycles. The smallest absolute Gasteiger partial charge is 0.259 e. The van der Waals surface area contributed by atoms with Crippen LogP contribution >= 0.6 is 0 Å². The fraction of sp³-hybridized carbons (Fsp3) is 0.500. The van der Waals surface area contributed by atoms with Crippen molar-refractivity contribution in [2.45, 2.75) is 38.7 Å². The van der Waals surface area contributed by atoms with E-state index in [1.165, 1.54) is 5.56 Å². The number of piperidine rings is 1. The normalized spacial score (nSPS) is 18.7. The van der Waals surface area contributed by atoms with Crippen molar-refractivity contribution < 1.29 is 18.8 Å². The Bertz CT molecular complexity index is 801. The lowest BCUT2D eigenvalue weighted by molar-refractivity contribution is -0.0946. The van der Waals surface area contributed by atoms with Crippen LogP contribution in [0.4, 0.5) is 0 Å². The van der Waals surface area contributed by atoms with Crippen molar-refractivity contribution in [1.82, 2.24) is 10.1 Å². The maximum atomic E-state index is 12.9. The second-order valence-electron chi connectivity index (χ2n) is 7.08. The van der Waals surface area contributed by atoms with Gasteiger partial charge in [0.2, 0.25) is 0 Å². The van der Waals surface area contributed by atoms with Gasteiger partial charge in [-0.1, -0.05) is 17.3 Å². The molecule has 0 aliphatic carbocycles. The minimum Gasteiger partial charge on any atom is -0.496 e. The minimum absolute atomic E-state index is 0.00726. The van der Waals surface area contributed by atoms with Crippen molar-refractivity contribution in [2.75, 3.05) is 26.8 Å². The van der Waals surface area contributed by atoms with E-state index in [1.54, 1.807) is 21.0 Å². The standard InChI is InChI=1S/C20H24N2O4/c1-13-17(14(2)26-21-13)19(23)22-10-8-20(9-11-22)18-15(7-12-25-20)5-4-6-16(18)24-3/h4-6H,7-12H2,1-3H3. The minimum atomic E-state index is -0.365. The van der Waals surface area contributed by atoms with Crippen LogP contribution in [0.1, 0.15) is 45.8 Å². The highest BCUT2D eigenvalue weighted by Gasteiger charge is 2.44. The van der Waals surface area contributed by atoms with Crippen LogP contribution in [0.25, 0.3) is 0 Å². The molecule has 1 aromatic heterocycles. The highest BCUT2D eigenvalue weighted by molar-refractivity contribution is 5.96. The van der Waals surface area contributed by atoms with E-state index < -0.39 is 0 Å². The number of fused-ring (bicyclic) bond motifs is 2. The van der Waals surface area contributed by atoms with Gasteiger partial charge in [-0.15, -0.1) is 0 Å². The van der Waals surface area contributed by atoms with Gasteiger partial charge in [0.25, 0.3) is 5.91 Å². The molecule has 1 amide bonds. The summed E-state index contributed by atoms with van der Waals surface area (Å²) >= 11 is 0. The molecular weight excluding hydrogens is 332 g/mol. The molecular formula is C20H24N2O4. The predicted octanol–water partition coefficient (Wildman–Crippen LogP) is 3.00.